The Labute approximate surface area is 130 Å². The van der Waals surface area contributed by atoms with Gasteiger partial charge in [-0.05, 0) is 62.6 Å². The van der Waals surface area contributed by atoms with Crippen molar-refractivity contribution in [3.05, 3.63) is 47.7 Å². The number of nitrogens with two attached hydrogens (primary N) is 1. The highest BCUT2D eigenvalue weighted by Crippen LogP contribution is 2.25. The molecule has 0 amide bonds. The van der Waals surface area contributed by atoms with Crippen molar-refractivity contribution in [3.63, 3.8) is 0 Å². The van der Waals surface area contributed by atoms with Gasteiger partial charge >= 0.3 is 5.97 Å². The van der Waals surface area contributed by atoms with Gasteiger partial charge in [-0.3, -0.25) is 4.89 Å². The average Bonchev–Trinajstić information content (AvgIpc) is 2.46. The molecule has 0 saturated heterocycles. The highest BCUT2D eigenvalue weighted by molar-refractivity contribution is 5.90. The van der Waals surface area contributed by atoms with Gasteiger partial charge in [0.1, 0.15) is 11.4 Å². The van der Waals surface area contributed by atoms with Gasteiger partial charge in [-0.25, -0.2) is 9.78 Å². The maximum Gasteiger partial charge on any atom is 0.373 e. The molecule has 2 aromatic rings. The van der Waals surface area contributed by atoms with Crippen molar-refractivity contribution in [1.29, 1.82) is 0 Å². The van der Waals surface area contributed by atoms with Crippen LogP contribution in [0.25, 0.3) is 11.1 Å². The number of carbonyl (C=O) groups excluding carboxylic acids is 1. The zero-order valence-corrected chi connectivity index (χ0v) is 13.2. The number of nitrogens with zero attached hydrogens (tertiary/aromatic N) is 1. The van der Waals surface area contributed by atoms with Gasteiger partial charge in [-0.15, -0.1) is 0 Å². The van der Waals surface area contributed by atoms with E-state index in [-0.39, 0.29) is 0 Å². The fourth-order valence-electron chi connectivity index (χ4n) is 1.88. The SMILES string of the molecule is Cc1cnc(N)cc1-c1cccc(C(=O)OOC(C)(C)C)c1. The van der Waals surface area contributed by atoms with Crippen molar-refractivity contribution in [2.24, 2.45) is 0 Å². The van der Waals surface area contributed by atoms with E-state index < -0.39 is 11.6 Å². The summed E-state index contributed by atoms with van der Waals surface area (Å²) in [7, 11) is 0. The number of aromatic nitrogens is 1. The second kappa shape index (κ2) is 6.15. The van der Waals surface area contributed by atoms with Crippen LogP contribution >= 0.6 is 0 Å². The van der Waals surface area contributed by atoms with E-state index in [2.05, 4.69) is 4.98 Å². The zero-order valence-electron chi connectivity index (χ0n) is 13.2. The number of aryl methyl sites for hydroxylation is 1. The summed E-state index contributed by atoms with van der Waals surface area (Å²) in [6.07, 6.45) is 1.71. The van der Waals surface area contributed by atoms with Crippen molar-refractivity contribution < 1.29 is 14.6 Å². The quantitative estimate of drug-likeness (QED) is 0.693. The lowest BCUT2D eigenvalue weighted by Crippen LogP contribution is -2.21. The summed E-state index contributed by atoms with van der Waals surface area (Å²) < 4.78 is 0. The highest BCUT2D eigenvalue weighted by atomic mass is 17.2. The fraction of sp³-hybridized carbons (Fsp3) is 0.294. The van der Waals surface area contributed by atoms with Crippen molar-refractivity contribution in [2.45, 2.75) is 33.3 Å². The van der Waals surface area contributed by atoms with Gasteiger partial charge in [0.2, 0.25) is 0 Å². The summed E-state index contributed by atoms with van der Waals surface area (Å²) in [6, 6.07) is 8.90. The average molecular weight is 300 g/mol. The molecule has 0 aliphatic heterocycles. The molecule has 5 nitrogen and oxygen atoms in total. The number of benzene rings is 1. The van der Waals surface area contributed by atoms with Gasteiger partial charge in [0.05, 0.1) is 5.56 Å². The van der Waals surface area contributed by atoms with Gasteiger partial charge in [-0.2, -0.15) is 4.89 Å². The second-order valence-electron chi connectivity index (χ2n) is 6.07. The summed E-state index contributed by atoms with van der Waals surface area (Å²) in [5, 5.41) is 0. The first-order valence-corrected chi connectivity index (χ1v) is 6.99. The Hall–Kier alpha value is -2.40. The van der Waals surface area contributed by atoms with E-state index in [4.69, 9.17) is 15.5 Å². The van der Waals surface area contributed by atoms with Crippen LogP contribution in [0.2, 0.25) is 0 Å². The number of hydrogen-bond donors (Lipinski definition) is 1. The van der Waals surface area contributed by atoms with Crippen LogP contribution in [0.15, 0.2) is 36.5 Å². The minimum absolute atomic E-state index is 0.413. The maximum absolute atomic E-state index is 12.0. The monoisotopic (exact) mass is 300 g/mol. The summed E-state index contributed by atoms with van der Waals surface area (Å²) in [5.41, 5.74) is 8.38. The van der Waals surface area contributed by atoms with Crippen LogP contribution in [0.5, 0.6) is 0 Å². The lowest BCUT2D eigenvalue weighted by Gasteiger charge is -2.16. The third-order valence-corrected chi connectivity index (χ3v) is 2.90. The smallest absolute Gasteiger partial charge is 0.373 e. The number of pyridine rings is 1. The summed E-state index contributed by atoms with van der Waals surface area (Å²) in [6.45, 7) is 7.36. The molecule has 1 aromatic heterocycles. The standard InChI is InChI=1S/C17H20N2O3/c1-11-10-19-15(18)9-14(11)12-6-5-7-13(8-12)16(20)21-22-17(2,3)4/h5-10H,1-4H3,(H2,18,19). The Balaban J connectivity index is 2.27. The van der Waals surface area contributed by atoms with Gasteiger partial charge in [0.25, 0.3) is 0 Å². The second-order valence-corrected chi connectivity index (χ2v) is 6.07. The van der Waals surface area contributed by atoms with Gasteiger partial charge in [0.15, 0.2) is 0 Å². The van der Waals surface area contributed by atoms with Crippen LogP contribution in [0.4, 0.5) is 5.82 Å². The molecule has 2 N–H and O–H groups in total. The van der Waals surface area contributed by atoms with Crippen molar-refractivity contribution in [1.82, 2.24) is 4.98 Å². The largest absolute Gasteiger partial charge is 0.384 e. The zero-order chi connectivity index (χ0) is 16.3. The molecule has 0 spiro atoms. The topological polar surface area (TPSA) is 74.4 Å². The maximum atomic E-state index is 12.0. The van der Waals surface area contributed by atoms with Gasteiger partial charge < -0.3 is 5.73 Å². The third-order valence-electron chi connectivity index (χ3n) is 2.90. The first-order valence-electron chi connectivity index (χ1n) is 6.99. The predicted molar refractivity (Wildman–Crippen MR) is 85.1 cm³/mol. The van der Waals surface area contributed by atoms with E-state index in [9.17, 15) is 4.79 Å². The first-order chi connectivity index (χ1) is 10.3. The highest BCUT2D eigenvalue weighted by Gasteiger charge is 2.17. The van der Waals surface area contributed by atoms with Crippen LogP contribution in [0.3, 0.4) is 0 Å². The Morgan fingerprint density at radius 3 is 2.64 bits per heavy atom. The lowest BCUT2D eigenvalue weighted by molar-refractivity contribution is -0.301. The number of hydrogen-bond acceptors (Lipinski definition) is 5. The van der Waals surface area contributed by atoms with Crippen molar-refractivity contribution in [2.75, 3.05) is 5.73 Å². The van der Waals surface area contributed by atoms with Crippen molar-refractivity contribution in [3.8, 4) is 11.1 Å². The number of nitrogen functional groups attached to an aromatic ring is 1. The molecule has 0 saturated carbocycles. The fourth-order valence-corrected chi connectivity index (χ4v) is 1.88. The number of anilines is 1. The van der Waals surface area contributed by atoms with Crippen LogP contribution in [0.1, 0.15) is 36.7 Å². The molecular weight excluding hydrogens is 280 g/mol. The molecule has 0 atom stereocenters. The van der Waals surface area contributed by atoms with Gasteiger partial charge in [0, 0.05) is 6.20 Å². The van der Waals surface area contributed by atoms with Crippen LogP contribution in [0, 0.1) is 6.92 Å². The van der Waals surface area contributed by atoms with E-state index in [1.807, 2.05) is 13.0 Å². The Bertz CT molecular complexity index is 691. The van der Waals surface area contributed by atoms with E-state index in [1.165, 1.54) is 0 Å². The van der Waals surface area contributed by atoms with E-state index in [0.717, 1.165) is 16.7 Å². The summed E-state index contributed by atoms with van der Waals surface area (Å²) >= 11 is 0. The molecule has 0 aliphatic rings. The molecule has 5 heteroatoms. The number of rotatable bonds is 3. The van der Waals surface area contributed by atoms with E-state index in [1.54, 1.807) is 51.2 Å². The van der Waals surface area contributed by atoms with Crippen LogP contribution in [-0.2, 0) is 9.78 Å². The molecule has 116 valence electrons. The lowest BCUT2D eigenvalue weighted by atomic mass is 10.0. The molecule has 1 heterocycles. The number of carbonyl (C=O) groups is 1. The minimum Gasteiger partial charge on any atom is -0.384 e. The van der Waals surface area contributed by atoms with Crippen molar-refractivity contribution >= 4 is 11.8 Å². The molecule has 0 aliphatic carbocycles. The molecule has 0 radical (unpaired) electrons. The molecule has 0 bridgehead atoms. The van der Waals surface area contributed by atoms with Gasteiger partial charge in [-0.1, -0.05) is 12.1 Å². The molecule has 0 fully saturated rings. The summed E-state index contributed by atoms with van der Waals surface area (Å²) in [4.78, 5) is 26.0. The summed E-state index contributed by atoms with van der Waals surface area (Å²) in [5.74, 6) is -0.0962. The Morgan fingerprint density at radius 2 is 1.95 bits per heavy atom. The Morgan fingerprint density at radius 1 is 1.23 bits per heavy atom. The minimum atomic E-state index is -0.552. The normalized spacial score (nSPS) is 11.3. The Kier molecular flexibility index (Phi) is 4.47. The molecule has 22 heavy (non-hydrogen) atoms. The van der Waals surface area contributed by atoms with Crippen LogP contribution in [-0.4, -0.2) is 16.6 Å². The molecular formula is C17H20N2O3. The molecule has 1 aromatic carbocycles. The van der Waals surface area contributed by atoms with E-state index in [0.29, 0.717) is 11.4 Å². The third kappa shape index (κ3) is 4.05. The van der Waals surface area contributed by atoms with E-state index >= 15 is 0 Å². The predicted octanol–water partition coefficient (Wildman–Crippen LogP) is 3.53. The van der Waals surface area contributed by atoms with Crippen LogP contribution < -0.4 is 5.73 Å². The molecule has 0 unspecified atom stereocenters. The molecule has 2 rings (SSSR count). The first kappa shape index (κ1) is 16.0.